The molecular formula is C23H24ClF3N4O6S. The van der Waals surface area contributed by atoms with E-state index in [4.69, 9.17) is 11.6 Å². The number of nitrogens with one attached hydrogen (secondary N) is 1. The van der Waals surface area contributed by atoms with Crippen molar-refractivity contribution in [1.82, 2.24) is 19.6 Å². The third kappa shape index (κ3) is 5.58. The van der Waals surface area contributed by atoms with E-state index >= 15 is 0 Å². The van der Waals surface area contributed by atoms with Crippen LogP contribution in [0.15, 0.2) is 41.3 Å². The molecule has 0 radical (unpaired) electrons. The maximum atomic E-state index is 13.5. The van der Waals surface area contributed by atoms with Crippen molar-refractivity contribution >= 4 is 50.2 Å². The Morgan fingerprint density at radius 1 is 1.11 bits per heavy atom. The van der Waals surface area contributed by atoms with Crippen LogP contribution in [0.5, 0.6) is 0 Å². The van der Waals surface area contributed by atoms with Gasteiger partial charge in [0.15, 0.2) is 0 Å². The average Bonchev–Trinajstić information content (AvgIpc) is 3.26. The van der Waals surface area contributed by atoms with Crippen LogP contribution >= 0.6 is 11.6 Å². The fourth-order valence-corrected chi connectivity index (χ4v) is 6.02. The number of piperazine rings is 1. The number of hydroxylamine groups is 1. The van der Waals surface area contributed by atoms with E-state index in [1.165, 1.54) is 31.2 Å². The normalized spacial score (nSPS) is 19.7. The minimum atomic E-state index is -5.53. The molecule has 0 aromatic heterocycles. The van der Waals surface area contributed by atoms with E-state index in [9.17, 15) is 36.0 Å². The second-order valence-electron chi connectivity index (χ2n) is 8.88. The summed E-state index contributed by atoms with van der Waals surface area (Å²) in [6.45, 7) is 3.27. The van der Waals surface area contributed by atoms with Crippen LogP contribution in [0.4, 0.5) is 13.2 Å². The van der Waals surface area contributed by atoms with Crippen LogP contribution < -0.4 is 5.32 Å². The Balaban J connectivity index is 1.66. The molecule has 2 atom stereocenters. The first kappa shape index (κ1) is 28.1. The predicted molar refractivity (Wildman–Crippen MR) is 129 cm³/mol. The summed E-state index contributed by atoms with van der Waals surface area (Å²) in [4.78, 5) is 44.4. The van der Waals surface area contributed by atoms with Gasteiger partial charge in [-0.3, -0.25) is 9.59 Å². The van der Waals surface area contributed by atoms with E-state index in [1.807, 2.05) is 0 Å². The molecule has 0 saturated carbocycles. The number of likely N-dealkylation sites (tertiary alicyclic amines) is 1. The number of amides is 2. The first-order chi connectivity index (χ1) is 17.8. The van der Waals surface area contributed by atoms with Gasteiger partial charge >= 0.3 is 12.1 Å². The Labute approximate surface area is 221 Å². The quantitative estimate of drug-likeness (QED) is 0.522. The number of alkyl halides is 3. The lowest BCUT2D eigenvalue weighted by Crippen LogP contribution is -2.55. The zero-order valence-corrected chi connectivity index (χ0v) is 21.6. The van der Waals surface area contributed by atoms with Gasteiger partial charge in [-0.1, -0.05) is 23.7 Å². The number of rotatable bonds is 6. The predicted octanol–water partition coefficient (Wildman–Crippen LogP) is 1.93. The summed E-state index contributed by atoms with van der Waals surface area (Å²) in [5, 5.41) is 4.42. The standard InChI is InChI=1S/C23H24ClF3N4O6S/c1-14(20(32)29-10-7-28-8-11-29)30-9-6-19(21(30)33)31(37-22(34)23(25,26)27)38(35,36)18-5-3-15-12-17(24)4-2-16(15)13-18/h2-5,12-14,19,28H,6-11H2,1H3/t14-,19?/m0/s1. The molecule has 2 fully saturated rings. The monoisotopic (exact) mass is 576 g/mol. The zero-order valence-electron chi connectivity index (χ0n) is 20.1. The molecule has 38 heavy (non-hydrogen) atoms. The number of benzene rings is 2. The van der Waals surface area contributed by atoms with Crippen LogP contribution in [0.1, 0.15) is 13.3 Å². The Morgan fingerprint density at radius 2 is 1.74 bits per heavy atom. The van der Waals surface area contributed by atoms with E-state index in [1.54, 1.807) is 11.0 Å². The summed E-state index contributed by atoms with van der Waals surface area (Å²) in [5.74, 6) is -4.13. The molecule has 2 heterocycles. The summed E-state index contributed by atoms with van der Waals surface area (Å²) < 4.78 is 66.1. The molecule has 206 valence electrons. The number of sulfonamides is 1. The lowest BCUT2D eigenvalue weighted by atomic mass is 10.1. The van der Waals surface area contributed by atoms with E-state index in [0.717, 1.165) is 11.0 Å². The van der Waals surface area contributed by atoms with Gasteiger partial charge in [0.05, 0.1) is 4.90 Å². The molecule has 2 saturated heterocycles. The topological polar surface area (TPSA) is 116 Å². The number of carbonyl (C=O) groups is 3. The summed E-state index contributed by atoms with van der Waals surface area (Å²) in [6.07, 6.45) is -5.83. The minimum absolute atomic E-state index is 0.131. The number of nitrogens with zero attached hydrogens (tertiary/aromatic N) is 3. The molecule has 1 N–H and O–H groups in total. The lowest BCUT2D eigenvalue weighted by molar-refractivity contribution is -0.226. The van der Waals surface area contributed by atoms with Gasteiger partial charge in [-0.25, -0.2) is 13.2 Å². The highest BCUT2D eigenvalue weighted by molar-refractivity contribution is 7.89. The number of hydrogen-bond acceptors (Lipinski definition) is 7. The van der Waals surface area contributed by atoms with Gasteiger partial charge in [-0.15, -0.1) is 0 Å². The van der Waals surface area contributed by atoms with E-state index < -0.39 is 45.1 Å². The first-order valence-corrected chi connectivity index (χ1v) is 13.5. The molecule has 2 aromatic carbocycles. The molecule has 0 spiro atoms. The van der Waals surface area contributed by atoms with Crippen molar-refractivity contribution in [1.29, 1.82) is 0 Å². The van der Waals surface area contributed by atoms with Gasteiger partial charge in [0.25, 0.3) is 10.0 Å². The van der Waals surface area contributed by atoms with E-state index in [-0.39, 0.29) is 23.3 Å². The van der Waals surface area contributed by atoms with E-state index in [0.29, 0.717) is 42.0 Å². The largest absolute Gasteiger partial charge is 0.492 e. The molecule has 2 aromatic rings. The lowest BCUT2D eigenvalue weighted by Gasteiger charge is -2.33. The molecule has 0 aliphatic carbocycles. The van der Waals surface area contributed by atoms with Crippen molar-refractivity contribution < 1.29 is 40.8 Å². The zero-order chi connectivity index (χ0) is 27.8. The molecule has 10 nitrogen and oxygen atoms in total. The van der Waals surface area contributed by atoms with Crippen molar-refractivity contribution in [3.05, 3.63) is 41.4 Å². The second-order valence-corrected chi connectivity index (χ2v) is 11.1. The Hall–Kier alpha value is -2.94. The number of fused-ring (bicyclic) bond motifs is 1. The van der Waals surface area contributed by atoms with Crippen LogP contribution in [-0.4, -0.2) is 91.5 Å². The molecule has 4 rings (SSSR count). The van der Waals surface area contributed by atoms with Gasteiger partial charge in [0.2, 0.25) is 11.8 Å². The van der Waals surface area contributed by atoms with Crippen molar-refractivity contribution in [3.63, 3.8) is 0 Å². The second kappa shape index (κ2) is 10.7. The van der Waals surface area contributed by atoms with Gasteiger partial charge in [-0.05, 0) is 52.9 Å². The van der Waals surface area contributed by atoms with Gasteiger partial charge in [0.1, 0.15) is 12.1 Å². The fourth-order valence-electron chi connectivity index (χ4n) is 4.42. The average molecular weight is 577 g/mol. The molecule has 2 amide bonds. The number of halogens is 4. The molecule has 2 aliphatic heterocycles. The van der Waals surface area contributed by atoms with Crippen molar-refractivity contribution in [2.45, 2.75) is 36.5 Å². The molecule has 2 aliphatic rings. The van der Waals surface area contributed by atoms with Crippen molar-refractivity contribution in [3.8, 4) is 0 Å². The van der Waals surface area contributed by atoms with Crippen LogP contribution in [0, 0.1) is 0 Å². The SMILES string of the molecule is C[C@@H](C(=O)N1CCNCC1)N1CCC(N(OC(=O)C(F)(F)F)S(=O)(=O)c2ccc3cc(Cl)ccc3c2)C1=O. The molecule has 1 unspecified atom stereocenters. The van der Waals surface area contributed by atoms with Gasteiger partial charge in [0, 0.05) is 37.7 Å². The summed E-state index contributed by atoms with van der Waals surface area (Å²) in [6, 6.07) is 5.42. The van der Waals surface area contributed by atoms with Crippen LogP contribution in [0.25, 0.3) is 10.8 Å². The van der Waals surface area contributed by atoms with Crippen molar-refractivity contribution in [2.24, 2.45) is 0 Å². The van der Waals surface area contributed by atoms with E-state index in [2.05, 4.69) is 10.2 Å². The Bertz CT molecular complexity index is 1370. The first-order valence-electron chi connectivity index (χ1n) is 11.6. The third-order valence-corrected chi connectivity index (χ3v) is 8.32. The summed E-state index contributed by atoms with van der Waals surface area (Å²) >= 11 is 5.95. The van der Waals surface area contributed by atoms with Crippen LogP contribution in [0.2, 0.25) is 5.02 Å². The van der Waals surface area contributed by atoms with Crippen LogP contribution in [0.3, 0.4) is 0 Å². The van der Waals surface area contributed by atoms with Gasteiger partial charge in [-0.2, -0.15) is 13.2 Å². The number of carbonyl (C=O) groups excluding carboxylic acids is 3. The highest BCUT2D eigenvalue weighted by atomic mass is 35.5. The third-order valence-electron chi connectivity index (χ3n) is 6.43. The maximum absolute atomic E-state index is 13.5. The van der Waals surface area contributed by atoms with Crippen molar-refractivity contribution in [2.75, 3.05) is 32.7 Å². The smallest absolute Gasteiger partial charge is 0.344 e. The fraction of sp³-hybridized carbons (Fsp3) is 0.435. The summed E-state index contributed by atoms with van der Waals surface area (Å²) in [7, 11) is -4.96. The number of hydrogen-bond donors (Lipinski definition) is 1. The molecule has 15 heteroatoms. The molecule has 0 bridgehead atoms. The van der Waals surface area contributed by atoms with Crippen LogP contribution in [-0.2, 0) is 29.2 Å². The Kier molecular flexibility index (Phi) is 7.89. The highest BCUT2D eigenvalue weighted by Crippen LogP contribution is 2.31. The highest BCUT2D eigenvalue weighted by Gasteiger charge is 2.51. The molecular weight excluding hydrogens is 553 g/mol. The maximum Gasteiger partial charge on any atom is 0.492 e. The van der Waals surface area contributed by atoms with Gasteiger partial charge < -0.3 is 20.0 Å². The summed E-state index contributed by atoms with van der Waals surface area (Å²) in [5.41, 5.74) is 0. The Morgan fingerprint density at radius 3 is 2.39 bits per heavy atom. The minimum Gasteiger partial charge on any atom is -0.344 e.